The molecule has 0 aliphatic carbocycles. The predicted molar refractivity (Wildman–Crippen MR) is 132 cm³/mol. The molecule has 0 bridgehead atoms. The van der Waals surface area contributed by atoms with Crippen LogP contribution in [0.5, 0.6) is 0 Å². The van der Waals surface area contributed by atoms with Crippen molar-refractivity contribution in [3.8, 4) is 11.3 Å². The van der Waals surface area contributed by atoms with Crippen LogP contribution in [0, 0.1) is 17.0 Å². The van der Waals surface area contributed by atoms with Crippen LogP contribution in [0.15, 0.2) is 53.0 Å². The average Bonchev–Trinajstić information content (AvgIpc) is 3.02. The lowest BCUT2D eigenvalue weighted by Gasteiger charge is -2.25. The first-order chi connectivity index (χ1) is 15.0. The van der Waals surface area contributed by atoms with Crippen LogP contribution in [0.3, 0.4) is 0 Å². The van der Waals surface area contributed by atoms with E-state index in [-0.39, 0.29) is 11.9 Å². The summed E-state index contributed by atoms with van der Waals surface area (Å²) in [5, 5.41) is 11.5. The molecular weight excluding hydrogens is 492 g/mol. The van der Waals surface area contributed by atoms with Crippen molar-refractivity contribution < 1.29 is 9.13 Å². The Bertz CT molecular complexity index is 1140. The number of nitrogens with zero attached hydrogens (tertiary/aromatic N) is 3. The number of aryl methyl sites for hydroxylation is 1. The van der Waals surface area contributed by atoms with E-state index in [4.69, 9.17) is 0 Å². The van der Waals surface area contributed by atoms with Crippen LogP contribution in [-0.2, 0) is 24.5 Å². The van der Waals surface area contributed by atoms with Gasteiger partial charge in [-0.25, -0.2) is 18.5 Å². The van der Waals surface area contributed by atoms with Crippen LogP contribution in [0.4, 0.5) is 5.82 Å². The minimum Gasteiger partial charge on any atom is -0.358 e. The van der Waals surface area contributed by atoms with Crippen molar-refractivity contribution in [1.29, 1.82) is 0 Å². The maximum atomic E-state index is 12.8. The zero-order valence-corrected chi connectivity index (χ0v) is 21.2. The number of rotatable bonds is 7. The zero-order valence-electron chi connectivity index (χ0n) is 18.8. The Labute approximate surface area is 199 Å². The summed E-state index contributed by atoms with van der Waals surface area (Å²) < 4.78 is 18.1. The smallest absolute Gasteiger partial charge is 0.350 e. The molecule has 1 unspecified atom stereocenters. The van der Waals surface area contributed by atoms with Gasteiger partial charge in [0.05, 0.1) is 22.8 Å². The number of benzene rings is 2. The quantitative estimate of drug-likeness (QED) is 0.334. The second-order valence-corrected chi connectivity index (χ2v) is 11.6. The summed E-state index contributed by atoms with van der Waals surface area (Å²) in [6.45, 7) is 7.55. The third kappa shape index (κ3) is 5.51. The third-order valence-electron chi connectivity index (χ3n) is 5.21. The molecule has 2 aromatic carbocycles. The Kier molecular flexibility index (Phi) is 7.32. The first-order valence-electron chi connectivity index (χ1n) is 10.2. The molecule has 3 aromatic rings. The second kappa shape index (κ2) is 9.64. The van der Waals surface area contributed by atoms with Crippen LogP contribution >= 0.6 is 15.9 Å². The largest absolute Gasteiger partial charge is 0.358 e. The molecule has 0 amide bonds. The maximum Gasteiger partial charge on any atom is 0.350 e. The molecule has 9 heteroatoms. The summed E-state index contributed by atoms with van der Waals surface area (Å²) in [6.07, 6.45) is 0.618. The van der Waals surface area contributed by atoms with Crippen molar-refractivity contribution in [3.05, 3.63) is 80.1 Å². The minimum atomic E-state index is -1.24. The van der Waals surface area contributed by atoms with Gasteiger partial charge in [-0.2, -0.15) is 0 Å². The molecule has 32 heavy (non-hydrogen) atoms. The van der Waals surface area contributed by atoms with Gasteiger partial charge in [-0.3, -0.25) is 0 Å². The SMILES string of the molecule is Cc1nc(-c2ccc(C[C@@H](NS(=O)C(C)(C)C)c3ccc(Br)cc3)cc2)c([N+](=O)[O-])n1C. The number of nitro groups is 1. The number of halogens is 1. The molecule has 3 rings (SSSR count). The predicted octanol–water partition coefficient (Wildman–Crippen LogP) is 5.40. The third-order valence-corrected chi connectivity index (χ3v) is 7.35. The number of aromatic nitrogens is 2. The van der Waals surface area contributed by atoms with Gasteiger partial charge in [0.25, 0.3) is 0 Å². The maximum absolute atomic E-state index is 12.8. The van der Waals surface area contributed by atoms with Crippen LogP contribution in [0.1, 0.15) is 43.8 Å². The number of hydrogen-bond donors (Lipinski definition) is 1. The summed E-state index contributed by atoms with van der Waals surface area (Å²) in [4.78, 5) is 15.5. The van der Waals surface area contributed by atoms with Gasteiger partial charge in [0.1, 0.15) is 0 Å². The van der Waals surface area contributed by atoms with Gasteiger partial charge in [-0.1, -0.05) is 52.3 Å². The lowest BCUT2D eigenvalue weighted by molar-refractivity contribution is -0.391. The normalized spacial score (nSPS) is 13.7. The highest BCUT2D eigenvalue weighted by atomic mass is 79.9. The molecule has 0 aliphatic heterocycles. The number of imidazole rings is 1. The first-order valence-corrected chi connectivity index (χ1v) is 12.1. The summed E-state index contributed by atoms with van der Waals surface area (Å²) in [5.41, 5.74) is 3.11. The molecule has 0 saturated heterocycles. The highest BCUT2D eigenvalue weighted by Gasteiger charge is 2.25. The topological polar surface area (TPSA) is 90.1 Å². The average molecular weight is 519 g/mol. The summed E-state index contributed by atoms with van der Waals surface area (Å²) in [7, 11) is 0.402. The van der Waals surface area contributed by atoms with E-state index in [1.54, 1.807) is 14.0 Å². The first kappa shape index (κ1) is 24.3. The molecule has 7 nitrogen and oxygen atoms in total. The van der Waals surface area contributed by atoms with Crippen LogP contribution < -0.4 is 4.72 Å². The molecular formula is C23H27BrN4O3S. The highest BCUT2D eigenvalue weighted by molar-refractivity contribution is 9.10. The van der Waals surface area contributed by atoms with Gasteiger partial charge in [0.2, 0.25) is 0 Å². The van der Waals surface area contributed by atoms with E-state index < -0.39 is 20.7 Å². The Balaban J connectivity index is 1.89. The molecule has 1 aromatic heterocycles. The van der Waals surface area contributed by atoms with Gasteiger partial charge in [0.15, 0.2) is 11.5 Å². The molecule has 0 aliphatic rings. The van der Waals surface area contributed by atoms with E-state index in [0.717, 1.165) is 15.6 Å². The monoisotopic (exact) mass is 518 g/mol. The standard InChI is InChI=1S/C23H27BrN4O3S/c1-15-25-21(22(27(15)5)28(29)30)18-8-6-16(7-9-18)14-20(26-32(31)23(2,3)4)17-10-12-19(24)13-11-17/h6-13,20,26H,14H2,1-5H3/t20-,32?/m1/s1. The Morgan fingerprint density at radius 3 is 2.28 bits per heavy atom. The van der Waals surface area contributed by atoms with Gasteiger partial charge in [0, 0.05) is 23.0 Å². The highest BCUT2D eigenvalue weighted by Crippen LogP contribution is 2.30. The van der Waals surface area contributed by atoms with Crippen molar-refractivity contribution >= 4 is 32.7 Å². The zero-order chi connectivity index (χ0) is 23.6. The van der Waals surface area contributed by atoms with E-state index in [1.807, 2.05) is 69.3 Å². The molecule has 0 spiro atoms. The fraction of sp³-hybridized carbons (Fsp3) is 0.348. The van der Waals surface area contributed by atoms with E-state index in [2.05, 4.69) is 25.6 Å². The molecule has 1 N–H and O–H groups in total. The molecule has 1 heterocycles. The number of hydrogen-bond acceptors (Lipinski definition) is 4. The van der Waals surface area contributed by atoms with Crippen molar-refractivity contribution in [2.24, 2.45) is 7.05 Å². The molecule has 170 valence electrons. The van der Waals surface area contributed by atoms with Gasteiger partial charge in [-0.15, -0.1) is 0 Å². The van der Waals surface area contributed by atoms with E-state index >= 15 is 0 Å². The van der Waals surface area contributed by atoms with Gasteiger partial charge in [-0.05, 0) is 55.4 Å². The van der Waals surface area contributed by atoms with Crippen molar-refractivity contribution in [1.82, 2.24) is 14.3 Å². The fourth-order valence-corrected chi connectivity index (χ4v) is 4.36. The fourth-order valence-electron chi connectivity index (χ4n) is 3.26. The summed E-state index contributed by atoms with van der Waals surface area (Å²) in [6, 6.07) is 15.4. The van der Waals surface area contributed by atoms with Gasteiger partial charge < -0.3 is 10.1 Å². The van der Waals surface area contributed by atoms with Crippen LogP contribution in [0.2, 0.25) is 0 Å². The lowest BCUT2D eigenvalue weighted by atomic mass is 9.98. The molecule has 2 atom stereocenters. The minimum absolute atomic E-state index is 0.0229. The molecule has 0 radical (unpaired) electrons. The van der Waals surface area contributed by atoms with E-state index in [0.29, 0.717) is 23.5 Å². The van der Waals surface area contributed by atoms with Crippen LogP contribution in [-0.4, -0.2) is 23.4 Å². The van der Waals surface area contributed by atoms with Gasteiger partial charge >= 0.3 is 5.82 Å². The van der Waals surface area contributed by atoms with Crippen molar-refractivity contribution in [2.45, 2.75) is 44.9 Å². The summed E-state index contributed by atoms with van der Waals surface area (Å²) in [5.74, 6) is 0.560. The van der Waals surface area contributed by atoms with Crippen LogP contribution in [0.25, 0.3) is 11.3 Å². The second-order valence-electron chi connectivity index (χ2n) is 8.65. The lowest BCUT2D eigenvalue weighted by Crippen LogP contribution is -2.36. The Morgan fingerprint density at radius 1 is 1.16 bits per heavy atom. The van der Waals surface area contributed by atoms with Crippen molar-refractivity contribution in [2.75, 3.05) is 0 Å². The molecule has 0 saturated carbocycles. The Morgan fingerprint density at radius 2 is 1.75 bits per heavy atom. The Hall–Kier alpha value is -2.36. The number of nitrogens with one attached hydrogen (secondary N) is 1. The summed E-state index contributed by atoms with van der Waals surface area (Å²) >= 11 is 3.46. The van der Waals surface area contributed by atoms with E-state index in [9.17, 15) is 14.3 Å². The van der Waals surface area contributed by atoms with E-state index in [1.165, 1.54) is 4.57 Å². The molecule has 0 fully saturated rings. The van der Waals surface area contributed by atoms with Crippen molar-refractivity contribution in [3.63, 3.8) is 0 Å².